The number of likely N-dealkylation sites (tertiary alicyclic amines) is 1. The van der Waals surface area contributed by atoms with Crippen LogP contribution in [0.2, 0.25) is 0 Å². The molecule has 1 fully saturated rings. The van der Waals surface area contributed by atoms with Crippen molar-refractivity contribution in [2.75, 3.05) is 27.2 Å². The number of aliphatic imine (C=N–C) groups is 1. The summed E-state index contributed by atoms with van der Waals surface area (Å²) >= 11 is 0. The summed E-state index contributed by atoms with van der Waals surface area (Å²) in [5.41, 5.74) is 0.269. The van der Waals surface area contributed by atoms with Gasteiger partial charge in [-0.3, -0.25) is 9.79 Å². The fourth-order valence-electron chi connectivity index (χ4n) is 2.90. The molecular weight excluding hydrogens is 441 g/mol. The zero-order valence-corrected chi connectivity index (χ0v) is 16.8. The van der Waals surface area contributed by atoms with Gasteiger partial charge in [0.2, 0.25) is 5.91 Å². The lowest BCUT2D eigenvalue weighted by atomic mass is 9.93. The molecule has 1 aliphatic heterocycles. The first-order chi connectivity index (χ1) is 11.5. The van der Waals surface area contributed by atoms with Gasteiger partial charge >= 0.3 is 0 Å². The minimum atomic E-state index is -0.460. The van der Waals surface area contributed by atoms with Crippen LogP contribution >= 0.6 is 24.0 Å². The van der Waals surface area contributed by atoms with Gasteiger partial charge in [-0.05, 0) is 37.0 Å². The molecule has 0 radical (unpaired) electrons. The van der Waals surface area contributed by atoms with Gasteiger partial charge in [-0.2, -0.15) is 0 Å². The van der Waals surface area contributed by atoms with E-state index in [1.165, 1.54) is 6.07 Å². The maximum Gasteiger partial charge on any atom is 0.220 e. The van der Waals surface area contributed by atoms with Gasteiger partial charge in [0.15, 0.2) is 5.96 Å². The molecule has 2 N–H and O–H groups in total. The second kappa shape index (κ2) is 10.5. The first kappa shape index (κ1) is 21.6. The van der Waals surface area contributed by atoms with Crippen molar-refractivity contribution in [3.05, 3.63) is 35.4 Å². The Morgan fingerprint density at radius 2 is 2.00 bits per heavy atom. The molecule has 0 bridgehead atoms. The molecule has 1 aliphatic rings. The summed E-state index contributed by atoms with van der Waals surface area (Å²) in [7, 11) is 3.32. The Kier molecular flexibility index (Phi) is 9.09. The Morgan fingerprint density at radius 3 is 2.60 bits per heavy atom. The number of amides is 1. The summed E-state index contributed by atoms with van der Waals surface area (Å²) in [6, 6.07) is 3.41. The van der Waals surface area contributed by atoms with Crippen LogP contribution in [0.5, 0.6) is 0 Å². The number of hydrogen-bond acceptors (Lipinski definition) is 2. The molecule has 0 aromatic heterocycles. The highest BCUT2D eigenvalue weighted by atomic mass is 127. The molecule has 1 heterocycles. The van der Waals surface area contributed by atoms with E-state index in [4.69, 9.17) is 0 Å². The van der Waals surface area contributed by atoms with Crippen molar-refractivity contribution < 1.29 is 13.6 Å². The number of hydrogen-bond donors (Lipinski definition) is 2. The highest BCUT2D eigenvalue weighted by Gasteiger charge is 2.23. The number of halogens is 3. The van der Waals surface area contributed by atoms with Crippen LogP contribution < -0.4 is 10.6 Å². The molecule has 1 aromatic rings. The fourth-order valence-corrected chi connectivity index (χ4v) is 2.90. The van der Waals surface area contributed by atoms with Crippen LogP contribution in [0.1, 0.15) is 24.8 Å². The van der Waals surface area contributed by atoms with E-state index in [1.807, 2.05) is 0 Å². The molecule has 1 saturated heterocycles. The van der Waals surface area contributed by atoms with Crippen molar-refractivity contribution in [2.45, 2.75) is 25.8 Å². The lowest BCUT2D eigenvalue weighted by molar-refractivity contribution is -0.121. The van der Waals surface area contributed by atoms with Crippen LogP contribution in [-0.2, 0) is 11.3 Å². The SMILES string of the molecule is CN=C(NCc1cc(F)ccc1F)N1CCC(CC(=O)NC)CC1.I. The Bertz CT molecular complexity index is 604. The molecule has 140 valence electrons. The van der Waals surface area contributed by atoms with Crippen molar-refractivity contribution in [1.82, 2.24) is 15.5 Å². The van der Waals surface area contributed by atoms with E-state index in [-0.39, 0.29) is 42.0 Å². The monoisotopic (exact) mass is 466 g/mol. The third kappa shape index (κ3) is 6.41. The van der Waals surface area contributed by atoms with Crippen LogP contribution in [0.3, 0.4) is 0 Å². The molecule has 0 spiro atoms. The maximum absolute atomic E-state index is 13.7. The van der Waals surface area contributed by atoms with E-state index >= 15 is 0 Å². The van der Waals surface area contributed by atoms with Gasteiger partial charge in [-0.25, -0.2) is 8.78 Å². The van der Waals surface area contributed by atoms with E-state index in [2.05, 4.69) is 20.5 Å². The first-order valence-electron chi connectivity index (χ1n) is 8.13. The van der Waals surface area contributed by atoms with Gasteiger partial charge in [-0.15, -0.1) is 24.0 Å². The molecule has 1 amide bonds. The molecule has 1 aromatic carbocycles. The number of rotatable bonds is 4. The van der Waals surface area contributed by atoms with E-state index < -0.39 is 11.6 Å². The quantitative estimate of drug-likeness (QED) is 0.408. The lowest BCUT2D eigenvalue weighted by Crippen LogP contribution is -2.45. The molecule has 0 unspecified atom stereocenters. The Morgan fingerprint density at radius 1 is 1.32 bits per heavy atom. The summed E-state index contributed by atoms with van der Waals surface area (Å²) in [5, 5.41) is 5.73. The molecule has 0 atom stereocenters. The topological polar surface area (TPSA) is 56.7 Å². The summed E-state index contributed by atoms with van der Waals surface area (Å²) < 4.78 is 26.9. The molecule has 0 aliphatic carbocycles. The average Bonchev–Trinajstić information content (AvgIpc) is 2.59. The standard InChI is InChI=1S/C17H24F2N4O.HI/c1-20-16(24)9-12-5-7-23(8-6-12)17(21-2)22-11-13-10-14(18)3-4-15(13)19;/h3-4,10,12H,5-9,11H2,1-2H3,(H,20,24)(H,21,22);1H. The van der Waals surface area contributed by atoms with Gasteiger partial charge in [0.05, 0.1) is 0 Å². The molecule has 2 rings (SSSR count). The third-order valence-corrected chi connectivity index (χ3v) is 4.32. The average molecular weight is 466 g/mol. The minimum Gasteiger partial charge on any atom is -0.359 e. The van der Waals surface area contributed by atoms with E-state index in [1.54, 1.807) is 14.1 Å². The van der Waals surface area contributed by atoms with Crippen LogP contribution in [0.15, 0.2) is 23.2 Å². The van der Waals surface area contributed by atoms with E-state index in [0.717, 1.165) is 38.1 Å². The van der Waals surface area contributed by atoms with Crippen molar-refractivity contribution in [1.29, 1.82) is 0 Å². The predicted molar refractivity (Wildman–Crippen MR) is 105 cm³/mol. The Labute approximate surface area is 164 Å². The highest BCUT2D eigenvalue weighted by molar-refractivity contribution is 14.0. The van der Waals surface area contributed by atoms with Crippen LogP contribution in [-0.4, -0.2) is 44.0 Å². The number of benzene rings is 1. The largest absolute Gasteiger partial charge is 0.359 e. The number of nitrogens with zero attached hydrogens (tertiary/aromatic N) is 2. The molecule has 5 nitrogen and oxygen atoms in total. The van der Waals surface area contributed by atoms with Crippen LogP contribution in [0.25, 0.3) is 0 Å². The van der Waals surface area contributed by atoms with Gasteiger partial charge < -0.3 is 15.5 Å². The van der Waals surface area contributed by atoms with Crippen molar-refractivity contribution in [2.24, 2.45) is 10.9 Å². The van der Waals surface area contributed by atoms with Crippen LogP contribution in [0.4, 0.5) is 8.78 Å². The van der Waals surface area contributed by atoms with Crippen molar-refractivity contribution in [3.8, 4) is 0 Å². The molecular formula is C17H25F2IN4O. The zero-order valence-electron chi connectivity index (χ0n) is 14.5. The summed E-state index contributed by atoms with van der Waals surface area (Å²) in [4.78, 5) is 17.7. The summed E-state index contributed by atoms with van der Waals surface area (Å²) in [6.07, 6.45) is 2.36. The second-order valence-electron chi connectivity index (χ2n) is 5.94. The minimum absolute atomic E-state index is 0. The normalized spacial score (nSPS) is 15.5. The highest BCUT2D eigenvalue weighted by Crippen LogP contribution is 2.20. The van der Waals surface area contributed by atoms with Crippen LogP contribution in [0, 0.1) is 17.6 Å². The fraction of sp³-hybridized carbons (Fsp3) is 0.529. The van der Waals surface area contributed by atoms with E-state index in [0.29, 0.717) is 18.3 Å². The predicted octanol–water partition coefficient (Wildman–Crippen LogP) is 2.51. The number of nitrogens with one attached hydrogen (secondary N) is 2. The Balaban J connectivity index is 0.00000312. The zero-order chi connectivity index (χ0) is 17.5. The second-order valence-corrected chi connectivity index (χ2v) is 5.94. The number of guanidine groups is 1. The lowest BCUT2D eigenvalue weighted by Gasteiger charge is -2.34. The number of carbonyl (C=O) groups is 1. The van der Waals surface area contributed by atoms with Crippen molar-refractivity contribution >= 4 is 35.8 Å². The van der Waals surface area contributed by atoms with Gasteiger partial charge in [0, 0.05) is 45.7 Å². The number of carbonyl (C=O) groups excluding carboxylic acids is 1. The summed E-state index contributed by atoms with van der Waals surface area (Å²) in [5.74, 6) is 0.205. The summed E-state index contributed by atoms with van der Waals surface area (Å²) in [6.45, 7) is 1.74. The van der Waals surface area contributed by atoms with Gasteiger partial charge in [0.1, 0.15) is 11.6 Å². The van der Waals surface area contributed by atoms with Crippen molar-refractivity contribution in [3.63, 3.8) is 0 Å². The third-order valence-electron chi connectivity index (χ3n) is 4.32. The number of piperidine rings is 1. The van der Waals surface area contributed by atoms with Gasteiger partial charge in [0.25, 0.3) is 0 Å². The molecule has 0 saturated carbocycles. The van der Waals surface area contributed by atoms with Gasteiger partial charge in [-0.1, -0.05) is 0 Å². The first-order valence-corrected chi connectivity index (χ1v) is 8.13. The van der Waals surface area contributed by atoms with E-state index in [9.17, 15) is 13.6 Å². The maximum atomic E-state index is 13.7. The molecule has 8 heteroatoms. The molecule has 25 heavy (non-hydrogen) atoms. The smallest absolute Gasteiger partial charge is 0.220 e. The Hall–Kier alpha value is -1.45.